The van der Waals surface area contributed by atoms with Crippen LogP contribution in [0.15, 0.2) is 48.9 Å². The van der Waals surface area contributed by atoms with Gasteiger partial charge in [-0.1, -0.05) is 30.3 Å². The molecule has 1 aromatic carbocycles. The summed E-state index contributed by atoms with van der Waals surface area (Å²) in [6.07, 6.45) is 7.57. The Hall–Kier alpha value is -3.09. The lowest BCUT2D eigenvalue weighted by Crippen LogP contribution is -2.39. The number of carbonyl (C=O) groups excluding carboxylic acids is 1. The number of hydrogen-bond acceptors (Lipinski definition) is 4. The van der Waals surface area contributed by atoms with Gasteiger partial charge in [-0.05, 0) is 18.8 Å². The lowest BCUT2D eigenvalue weighted by molar-refractivity contribution is 0.0679. The number of ether oxygens (including phenoxy) is 1. The Morgan fingerprint density at radius 1 is 1.21 bits per heavy atom. The predicted octanol–water partition coefficient (Wildman–Crippen LogP) is 2.84. The maximum absolute atomic E-state index is 12.8. The lowest BCUT2D eigenvalue weighted by Gasteiger charge is -2.32. The molecule has 2 aromatic heterocycles. The van der Waals surface area contributed by atoms with Crippen molar-refractivity contribution < 1.29 is 9.53 Å². The summed E-state index contributed by atoms with van der Waals surface area (Å²) in [5.41, 5.74) is 1.66. The van der Waals surface area contributed by atoms with E-state index in [1.807, 2.05) is 35.5 Å². The maximum atomic E-state index is 12.8. The normalized spacial score (nSPS) is 15.0. The Morgan fingerprint density at radius 3 is 2.68 bits per heavy atom. The molecule has 1 amide bonds. The second-order valence-corrected chi connectivity index (χ2v) is 7.23. The zero-order chi connectivity index (χ0) is 19.5. The molecule has 7 heteroatoms. The first kappa shape index (κ1) is 18.3. The quantitative estimate of drug-likeness (QED) is 0.684. The fourth-order valence-electron chi connectivity index (χ4n) is 3.84. The summed E-state index contributed by atoms with van der Waals surface area (Å²) in [5, 5.41) is 4.19. The van der Waals surface area contributed by atoms with Gasteiger partial charge in [-0.3, -0.25) is 9.48 Å². The van der Waals surface area contributed by atoms with Gasteiger partial charge in [0.15, 0.2) is 0 Å². The van der Waals surface area contributed by atoms with Crippen LogP contribution in [0.5, 0.6) is 5.88 Å². The molecule has 0 atom stereocenters. The van der Waals surface area contributed by atoms with Gasteiger partial charge < -0.3 is 14.2 Å². The van der Waals surface area contributed by atoms with Crippen molar-refractivity contribution in [3.8, 4) is 17.3 Å². The Bertz CT molecular complexity index is 939. The number of nitrogens with zero attached hydrogens (tertiary/aromatic N) is 5. The smallest absolute Gasteiger partial charge is 0.260 e. The molecule has 1 fully saturated rings. The number of likely N-dealkylation sites (tertiary alicyclic amines) is 1. The summed E-state index contributed by atoms with van der Waals surface area (Å²) in [7, 11) is 3.34. The SMILES string of the molecule is COc1nn(C)cc1C(=O)N1CCC(Cn2ccnc2-c2ccccc2)CC1. The molecule has 0 saturated carbocycles. The minimum absolute atomic E-state index is 0.00370. The van der Waals surface area contributed by atoms with E-state index in [2.05, 4.69) is 26.8 Å². The van der Waals surface area contributed by atoms with Crippen molar-refractivity contribution in [3.63, 3.8) is 0 Å². The van der Waals surface area contributed by atoms with E-state index in [4.69, 9.17) is 4.74 Å². The number of aromatic nitrogens is 4. The van der Waals surface area contributed by atoms with Gasteiger partial charge in [0.1, 0.15) is 11.4 Å². The van der Waals surface area contributed by atoms with Crippen LogP contribution in [-0.4, -0.2) is 50.3 Å². The van der Waals surface area contributed by atoms with E-state index in [0.29, 0.717) is 17.4 Å². The molecule has 28 heavy (non-hydrogen) atoms. The van der Waals surface area contributed by atoms with Gasteiger partial charge in [-0.25, -0.2) is 4.98 Å². The number of piperidine rings is 1. The highest BCUT2D eigenvalue weighted by molar-refractivity contribution is 5.96. The van der Waals surface area contributed by atoms with Crippen LogP contribution in [0, 0.1) is 5.92 Å². The molecule has 3 aromatic rings. The third kappa shape index (κ3) is 3.65. The molecule has 0 radical (unpaired) electrons. The van der Waals surface area contributed by atoms with Crippen molar-refractivity contribution in [2.75, 3.05) is 20.2 Å². The van der Waals surface area contributed by atoms with Crippen LogP contribution >= 0.6 is 0 Å². The highest BCUT2D eigenvalue weighted by Crippen LogP contribution is 2.25. The molecule has 0 N–H and O–H groups in total. The third-order valence-electron chi connectivity index (χ3n) is 5.32. The van der Waals surface area contributed by atoms with Crippen LogP contribution in [0.2, 0.25) is 0 Å². The van der Waals surface area contributed by atoms with Gasteiger partial charge in [0.25, 0.3) is 5.91 Å². The zero-order valence-electron chi connectivity index (χ0n) is 16.3. The predicted molar refractivity (Wildman–Crippen MR) is 106 cm³/mol. The molecule has 146 valence electrons. The Balaban J connectivity index is 1.39. The van der Waals surface area contributed by atoms with Crippen LogP contribution in [-0.2, 0) is 13.6 Å². The van der Waals surface area contributed by atoms with Gasteiger partial charge >= 0.3 is 0 Å². The molecule has 0 spiro atoms. The van der Waals surface area contributed by atoms with E-state index in [1.165, 1.54) is 0 Å². The molecular weight excluding hydrogens is 354 g/mol. The second kappa shape index (κ2) is 7.88. The Morgan fingerprint density at radius 2 is 1.96 bits per heavy atom. The fraction of sp³-hybridized carbons (Fsp3) is 0.381. The number of benzene rings is 1. The van der Waals surface area contributed by atoms with Gasteiger partial charge in [-0.2, -0.15) is 0 Å². The van der Waals surface area contributed by atoms with E-state index < -0.39 is 0 Å². The molecular formula is C21H25N5O2. The van der Waals surface area contributed by atoms with Gasteiger partial charge in [0.05, 0.1) is 7.11 Å². The van der Waals surface area contributed by atoms with Gasteiger partial charge in [-0.15, -0.1) is 5.10 Å². The average Bonchev–Trinajstić information content (AvgIpc) is 3.35. The monoisotopic (exact) mass is 379 g/mol. The molecule has 1 saturated heterocycles. The molecule has 1 aliphatic rings. The lowest BCUT2D eigenvalue weighted by atomic mass is 9.96. The standard InChI is InChI=1S/C21H25N5O2/c1-24-15-18(20(23-24)28-2)21(27)25-11-8-16(9-12-25)14-26-13-10-22-19(26)17-6-4-3-5-7-17/h3-7,10,13,15-16H,8-9,11-12,14H2,1-2H3. The van der Waals surface area contributed by atoms with Crippen LogP contribution in [0.3, 0.4) is 0 Å². The summed E-state index contributed by atoms with van der Waals surface area (Å²) in [6, 6.07) is 10.2. The fourth-order valence-corrected chi connectivity index (χ4v) is 3.84. The van der Waals surface area contributed by atoms with Crippen molar-refractivity contribution in [2.24, 2.45) is 13.0 Å². The third-order valence-corrected chi connectivity index (χ3v) is 5.32. The minimum atomic E-state index is -0.00370. The van der Waals surface area contributed by atoms with E-state index in [-0.39, 0.29) is 5.91 Å². The number of rotatable bonds is 5. The topological polar surface area (TPSA) is 65.2 Å². The second-order valence-electron chi connectivity index (χ2n) is 7.23. The van der Waals surface area contributed by atoms with Crippen molar-refractivity contribution >= 4 is 5.91 Å². The van der Waals surface area contributed by atoms with Crippen molar-refractivity contribution in [1.29, 1.82) is 0 Å². The Kier molecular flexibility index (Phi) is 5.14. The number of hydrogen-bond donors (Lipinski definition) is 0. The first-order chi connectivity index (χ1) is 13.7. The molecule has 0 unspecified atom stereocenters. The molecule has 4 rings (SSSR count). The van der Waals surface area contributed by atoms with Crippen molar-refractivity contribution in [1.82, 2.24) is 24.2 Å². The maximum Gasteiger partial charge on any atom is 0.260 e. The summed E-state index contributed by atoms with van der Waals surface area (Å²) < 4.78 is 9.07. The summed E-state index contributed by atoms with van der Waals surface area (Å²) in [6.45, 7) is 2.41. The van der Waals surface area contributed by atoms with Crippen LogP contribution in [0.4, 0.5) is 0 Å². The highest BCUT2D eigenvalue weighted by atomic mass is 16.5. The summed E-state index contributed by atoms with van der Waals surface area (Å²) >= 11 is 0. The van der Waals surface area contributed by atoms with Crippen LogP contribution in [0.1, 0.15) is 23.2 Å². The number of amides is 1. The van der Waals surface area contributed by atoms with Gasteiger partial charge in [0.2, 0.25) is 5.88 Å². The van der Waals surface area contributed by atoms with E-state index >= 15 is 0 Å². The molecule has 1 aliphatic heterocycles. The molecule has 3 heterocycles. The van der Waals surface area contributed by atoms with Crippen molar-refractivity contribution in [3.05, 3.63) is 54.5 Å². The first-order valence-corrected chi connectivity index (χ1v) is 9.59. The minimum Gasteiger partial charge on any atom is -0.479 e. The zero-order valence-corrected chi connectivity index (χ0v) is 16.3. The molecule has 0 aliphatic carbocycles. The van der Waals surface area contributed by atoms with Crippen LogP contribution < -0.4 is 4.74 Å². The van der Waals surface area contributed by atoms with E-state index in [9.17, 15) is 4.79 Å². The number of carbonyl (C=O) groups is 1. The highest BCUT2D eigenvalue weighted by Gasteiger charge is 2.27. The molecule has 7 nitrogen and oxygen atoms in total. The Labute approximate surface area is 164 Å². The van der Waals surface area contributed by atoms with Crippen LogP contribution in [0.25, 0.3) is 11.4 Å². The van der Waals surface area contributed by atoms with Crippen molar-refractivity contribution in [2.45, 2.75) is 19.4 Å². The van der Waals surface area contributed by atoms with Gasteiger partial charge in [0, 0.05) is 50.8 Å². The van der Waals surface area contributed by atoms with E-state index in [1.54, 1.807) is 25.0 Å². The number of methoxy groups -OCH3 is 1. The summed E-state index contributed by atoms with van der Waals surface area (Å²) in [5.74, 6) is 1.91. The van der Waals surface area contributed by atoms with E-state index in [0.717, 1.165) is 43.9 Å². The number of aryl methyl sites for hydroxylation is 1. The first-order valence-electron chi connectivity index (χ1n) is 9.59. The number of imidazole rings is 1. The largest absolute Gasteiger partial charge is 0.479 e. The molecule has 0 bridgehead atoms. The average molecular weight is 379 g/mol. The summed E-state index contributed by atoms with van der Waals surface area (Å²) in [4.78, 5) is 19.3.